The van der Waals surface area contributed by atoms with E-state index in [1.165, 1.54) is 35.5 Å². The first-order valence-corrected chi connectivity index (χ1v) is 9.45. The molecule has 2 heterocycles. The van der Waals surface area contributed by atoms with Crippen LogP contribution < -0.4 is 11.1 Å². The molecule has 3 N–H and O–H groups in total. The molecule has 152 valence electrons. The number of primary amides is 1. The zero-order valence-corrected chi connectivity index (χ0v) is 16.4. The highest BCUT2D eigenvalue weighted by Gasteiger charge is 2.34. The number of rotatable bonds is 3. The Labute approximate surface area is 172 Å². The highest BCUT2D eigenvalue weighted by Crippen LogP contribution is 2.35. The molecular weight excluding hydrogens is 399 g/mol. The number of carbonyl (C=O) groups excluding carboxylic acids is 3. The Hall–Kier alpha value is -3.00. The molecule has 7 nitrogen and oxygen atoms in total. The van der Waals surface area contributed by atoms with Crippen LogP contribution in [-0.4, -0.2) is 34.2 Å². The van der Waals surface area contributed by atoms with Gasteiger partial charge in [-0.2, -0.15) is 0 Å². The number of nitrogens with two attached hydrogens (primary N) is 1. The molecule has 1 aromatic heterocycles. The fourth-order valence-electron chi connectivity index (χ4n) is 3.45. The van der Waals surface area contributed by atoms with E-state index in [4.69, 9.17) is 17.3 Å². The van der Waals surface area contributed by atoms with Gasteiger partial charge in [-0.3, -0.25) is 19.4 Å². The second kappa shape index (κ2) is 8.57. The lowest BCUT2D eigenvalue weighted by molar-refractivity contribution is -0.146. The number of nitrogens with zero attached hydrogens (tertiary/aromatic N) is 2. The van der Waals surface area contributed by atoms with Gasteiger partial charge >= 0.3 is 11.8 Å². The molecule has 3 rings (SSSR count). The van der Waals surface area contributed by atoms with Crippen molar-refractivity contribution < 1.29 is 18.8 Å². The van der Waals surface area contributed by atoms with Gasteiger partial charge in [-0.25, -0.2) is 4.39 Å². The molecule has 1 fully saturated rings. The van der Waals surface area contributed by atoms with E-state index in [0.29, 0.717) is 18.5 Å². The van der Waals surface area contributed by atoms with Crippen LogP contribution in [0.1, 0.15) is 41.7 Å². The van der Waals surface area contributed by atoms with E-state index >= 15 is 0 Å². The van der Waals surface area contributed by atoms with Gasteiger partial charge in [-0.05, 0) is 48.6 Å². The van der Waals surface area contributed by atoms with Crippen molar-refractivity contribution in [2.24, 2.45) is 11.7 Å². The highest BCUT2D eigenvalue weighted by molar-refractivity contribution is 6.39. The topological polar surface area (TPSA) is 105 Å². The average molecular weight is 419 g/mol. The molecule has 0 unspecified atom stereocenters. The molecule has 1 aromatic carbocycles. The number of amides is 3. The first-order valence-electron chi connectivity index (χ1n) is 9.07. The summed E-state index contributed by atoms with van der Waals surface area (Å²) in [4.78, 5) is 42.0. The van der Waals surface area contributed by atoms with E-state index in [1.54, 1.807) is 6.07 Å². The van der Waals surface area contributed by atoms with Crippen molar-refractivity contribution in [3.05, 3.63) is 58.6 Å². The van der Waals surface area contributed by atoms with Crippen LogP contribution in [-0.2, 0) is 9.59 Å². The molecule has 29 heavy (non-hydrogen) atoms. The van der Waals surface area contributed by atoms with Crippen LogP contribution in [0.15, 0.2) is 36.7 Å². The molecular formula is C20H20ClFN4O3. The quantitative estimate of drug-likeness (QED) is 0.747. The Morgan fingerprint density at radius 2 is 1.97 bits per heavy atom. The number of nitrogens with one attached hydrogen (secondary N) is 1. The van der Waals surface area contributed by atoms with Crippen molar-refractivity contribution in [1.29, 1.82) is 0 Å². The SMILES string of the molecule is C[C@@H]1CC[C@@H](c2cc(F)cc(Cl)c2)N(C(=O)C(=O)Nc2cncc(C(N)=O)c2)C1. The lowest BCUT2D eigenvalue weighted by Gasteiger charge is -2.38. The fraction of sp³-hybridized carbons (Fsp3) is 0.300. The minimum atomic E-state index is -0.880. The minimum absolute atomic E-state index is 0.106. The number of aromatic nitrogens is 1. The Kier molecular flexibility index (Phi) is 6.12. The third-order valence-corrected chi connectivity index (χ3v) is 5.04. The summed E-state index contributed by atoms with van der Waals surface area (Å²) < 4.78 is 13.8. The van der Waals surface area contributed by atoms with Gasteiger partial charge < -0.3 is 16.0 Å². The van der Waals surface area contributed by atoms with Crippen LogP contribution >= 0.6 is 11.6 Å². The van der Waals surface area contributed by atoms with Gasteiger partial charge in [-0.15, -0.1) is 0 Å². The lowest BCUT2D eigenvalue weighted by atomic mass is 9.89. The number of hydrogen-bond donors (Lipinski definition) is 2. The molecule has 1 saturated heterocycles. The summed E-state index contributed by atoms with van der Waals surface area (Å²) in [6.07, 6.45) is 3.98. The average Bonchev–Trinajstić information content (AvgIpc) is 2.66. The number of benzene rings is 1. The number of anilines is 1. The molecule has 0 bridgehead atoms. The van der Waals surface area contributed by atoms with E-state index < -0.39 is 29.6 Å². The zero-order valence-electron chi connectivity index (χ0n) is 15.7. The lowest BCUT2D eigenvalue weighted by Crippen LogP contribution is -2.46. The smallest absolute Gasteiger partial charge is 0.313 e. The normalized spacial score (nSPS) is 18.9. The highest BCUT2D eigenvalue weighted by atomic mass is 35.5. The molecule has 1 aliphatic rings. The number of piperidine rings is 1. The predicted molar refractivity (Wildman–Crippen MR) is 106 cm³/mol. The van der Waals surface area contributed by atoms with Crippen LogP contribution in [0.5, 0.6) is 0 Å². The standard InChI is InChI=1S/C20H20ClFN4O3/c1-11-2-3-17(12-4-14(21)7-15(22)5-12)26(10-11)20(29)19(28)25-16-6-13(18(23)27)8-24-9-16/h4-9,11,17H,2-3,10H2,1H3,(H2,23,27)(H,25,28)/t11-,17+/m1/s1. The van der Waals surface area contributed by atoms with Crippen LogP contribution in [0.25, 0.3) is 0 Å². The molecule has 1 aliphatic heterocycles. The summed E-state index contributed by atoms with van der Waals surface area (Å²) >= 11 is 5.97. The van der Waals surface area contributed by atoms with E-state index in [-0.39, 0.29) is 22.2 Å². The number of likely N-dealkylation sites (tertiary alicyclic amines) is 1. The van der Waals surface area contributed by atoms with Gasteiger partial charge in [0.1, 0.15) is 5.82 Å². The Balaban J connectivity index is 1.83. The second-order valence-electron chi connectivity index (χ2n) is 7.14. The number of pyridine rings is 1. The number of hydrogen-bond acceptors (Lipinski definition) is 4. The summed E-state index contributed by atoms with van der Waals surface area (Å²) in [6.45, 7) is 2.33. The van der Waals surface area contributed by atoms with Crippen LogP contribution in [0.2, 0.25) is 5.02 Å². The molecule has 0 spiro atoms. The van der Waals surface area contributed by atoms with Gasteiger partial charge in [0, 0.05) is 17.8 Å². The van der Waals surface area contributed by atoms with E-state index in [0.717, 1.165) is 6.42 Å². The molecule has 2 aromatic rings. The number of carbonyl (C=O) groups is 3. The van der Waals surface area contributed by atoms with E-state index in [9.17, 15) is 18.8 Å². The van der Waals surface area contributed by atoms with Crippen LogP contribution in [0.4, 0.5) is 10.1 Å². The van der Waals surface area contributed by atoms with Crippen LogP contribution in [0, 0.1) is 11.7 Å². The summed E-state index contributed by atoms with van der Waals surface area (Å²) in [6, 6.07) is 4.99. The predicted octanol–water partition coefficient (Wildman–Crippen LogP) is 2.91. The van der Waals surface area contributed by atoms with Crippen molar-refractivity contribution >= 4 is 35.0 Å². The fourth-order valence-corrected chi connectivity index (χ4v) is 3.68. The third-order valence-electron chi connectivity index (χ3n) is 4.82. The third kappa shape index (κ3) is 4.89. The summed E-state index contributed by atoms with van der Waals surface area (Å²) in [7, 11) is 0. The maximum atomic E-state index is 13.8. The minimum Gasteiger partial charge on any atom is -0.366 e. The summed E-state index contributed by atoms with van der Waals surface area (Å²) in [5.41, 5.74) is 6.03. The number of halogens is 2. The van der Waals surface area contributed by atoms with Crippen molar-refractivity contribution in [1.82, 2.24) is 9.88 Å². The van der Waals surface area contributed by atoms with Gasteiger partial charge in [0.05, 0.1) is 23.5 Å². The molecule has 2 atom stereocenters. The first-order chi connectivity index (χ1) is 13.7. The van der Waals surface area contributed by atoms with Crippen molar-refractivity contribution in [2.45, 2.75) is 25.8 Å². The van der Waals surface area contributed by atoms with Crippen molar-refractivity contribution in [3.8, 4) is 0 Å². The van der Waals surface area contributed by atoms with E-state index in [1.807, 2.05) is 6.92 Å². The van der Waals surface area contributed by atoms with Crippen LogP contribution in [0.3, 0.4) is 0 Å². The van der Waals surface area contributed by atoms with Gasteiger partial charge in [0.2, 0.25) is 5.91 Å². The summed E-state index contributed by atoms with van der Waals surface area (Å²) in [5.74, 6) is -2.65. The molecule has 0 saturated carbocycles. The Morgan fingerprint density at radius 3 is 2.66 bits per heavy atom. The first kappa shape index (κ1) is 20.7. The van der Waals surface area contributed by atoms with Crippen molar-refractivity contribution in [2.75, 3.05) is 11.9 Å². The molecule has 9 heteroatoms. The van der Waals surface area contributed by atoms with Gasteiger partial charge in [-0.1, -0.05) is 18.5 Å². The van der Waals surface area contributed by atoms with Gasteiger partial charge in [0.15, 0.2) is 0 Å². The molecule has 0 aliphatic carbocycles. The van der Waals surface area contributed by atoms with E-state index in [2.05, 4.69) is 10.3 Å². The van der Waals surface area contributed by atoms with Gasteiger partial charge in [0.25, 0.3) is 0 Å². The molecule has 0 radical (unpaired) electrons. The maximum absolute atomic E-state index is 13.8. The van der Waals surface area contributed by atoms with Crippen molar-refractivity contribution in [3.63, 3.8) is 0 Å². The largest absolute Gasteiger partial charge is 0.366 e. The zero-order chi connectivity index (χ0) is 21.1. The molecule has 3 amide bonds. The Morgan fingerprint density at radius 1 is 1.21 bits per heavy atom. The maximum Gasteiger partial charge on any atom is 0.313 e. The second-order valence-corrected chi connectivity index (χ2v) is 7.58. The monoisotopic (exact) mass is 418 g/mol. The Bertz CT molecular complexity index is 948. The summed E-state index contributed by atoms with van der Waals surface area (Å²) in [5, 5.41) is 2.67.